The molecule has 1 aliphatic heterocycles. The highest BCUT2D eigenvalue weighted by atomic mass is 32.1. The highest BCUT2D eigenvalue weighted by Crippen LogP contribution is 2.32. The number of likely N-dealkylation sites (N-methyl/N-ethyl adjacent to an activating group) is 1. The summed E-state index contributed by atoms with van der Waals surface area (Å²) in [5.74, 6) is 0.191. The molecule has 0 bridgehead atoms. The first-order valence-corrected chi connectivity index (χ1v) is 8.88. The van der Waals surface area contributed by atoms with Crippen LogP contribution < -0.4 is 0 Å². The zero-order chi connectivity index (χ0) is 16.1. The number of amides is 1. The Balaban J connectivity index is 1.61. The number of carbonyl (C=O) groups excluding carboxylic acids is 1. The fraction of sp³-hybridized carbons (Fsp3) is 0.471. The van der Waals surface area contributed by atoms with E-state index in [1.165, 1.54) is 6.42 Å². The van der Waals surface area contributed by atoms with Crippen LogP contribution in [0.5, 0.6) is 0 Å². The molecule has 2 aromatic heterocycles. The Morgan fingerprint density at radius 1 is 1.43 bits per heavy atom. The summed E-state index contributed by atoms with van der Waals surface area (Å²) in [6, 6.07) is 4.12. The predicted molar refractivity (Wildman–Crippen MR) is 91.0 cm³/mol. The van der Waals surface area contributed by atoms with Gasteiger partial charge in [-0.1, -0.05) is 6.07 Å². The van der Waals surface area contributed by atoms with Gasteiger partial charge in [0.05, 0.1) is 12.6 Å². The molecule has 0 aliphatic carbocycles. The van der Waals surface area contributed by atoms with Crippen molar-refractivity contribution >= 4 is 17.2 Å². The Morgan fingerprint density at radius 3 is 3.09 bits per heavy atom. The van der Waals surface area contributed by atoms with Crippen LogP contribution in [0.4, 0.5) is 0 Å². The van der Waals surface area contributed by atoms with Gasteiger partial charge in [-0.2, -0.15) is 0 Å². The van der Waals surface area contributed by atoms with Gasteiger partial charge in [-0.25, -0.2) is 4.98 Å². The van der Waals surface area contributed by atoms with Crippen LogP contribution in [-0.4, -0.2) is 45.8 Å². The average molecular weight is 330 g/mol. The number of hydrogen-bond donors (Lipinski definition) is 0. The van der Waals surface area contributed by atoms with E-state index >= 15 is 0 Å². The number of rotatable bonds is 5. The molecule has 2 aromatic rings. The van der Waals surface area contributed by atoms with Crippen LogP contribution >= 0.6 is 11.3 Å². The fourth-order valence-corrected chi connectivity index (χ4v) is 3.85. The van der Waals surface area contributed by atoms with Crippen LogP contribution in [0.3, 0.4) is 0 Å². The van der Waals surface area contributed by atoms with Gasteiger partial charge in [-0.05, 0) is 37.9 Å². The Morgan fingerprint density at radius 2 is 2.35 bits per heavy atom. The van der Waals surface area contributed by atoms with Crippen LogP contribution in [0.1, 0.15) is 35.9 Å². The second-order valence-electron chi connectivity index (χ2n) is 6.00. The second-order valence-corrected chi connectivity index (χ2v) is 6.93. The minimum absolute atomic E-state index is 0.156. The highest BCUT2D eigenvalue weighted by molar-refractivity contribution is 7.09. The van der Waals surface area contributed by atoms with Crippen LogP contribution in [0, 0.1) is 0 Å². The summed E-state index contributed by atoms with van der Waals surface area (Å²) in [5, 5.41) is 3.05. The topological polar surface area (TPSA) is 49.3 Å². The number of nitrogens with zero attached hydrogens (tertiary/aromatic N) is 4. The van der Waals surface area contributed by atoms with E-state index in [0.717, 1.165) is 36.5 Å². The third kappa shape index (κ3) is 4.14. The molecule has 6 heteroatoms. The molecule has 1 saturated heterocycles. The Bertz CT molecular complexity index is 617. The molecular formula is C17H22N4OS. The van der Waals surface area contributed by atoms with E-state index in [1.807, 2.05) is 46.8 Å². The molecule has 0 unspecified atom stereocenters. The molecule has 3 rings (SSSR count). The van der Waals surface area contributed by atoms with Gasteiger partial charge in [0.2, 0.25) is 5.91 Å². The largest absolute Gasteiger partial charge is 0.332 e. The van der Waals surface area contributed by atoms with Crippen molar-refractivity contribution in [2.24, 2.45) is 0 Å². The van der Waals surface area contributed by atoms with E-state index < -0.39 is 0 Å². The monoisotopic (exact) mass is 330 g/mol. The normalized spacial score (nSPS) is 18.3. The molecule has 1 aliphatic rings. The van der Waals surface area contributed by atoms with Crippen LogP contribution in [0.2, 0.25) is 0 Å². The zero-order valence-electron chi connectivity index (χ0n) is 13.4. The number of piperidine rings is 1. The molecule has 1 amide bonds. The number of thiazole rings is 1. The number of pyridine rings is 1. The van der Waals surface area contributed by atoms with Crippen molar-refractivity contribution in [3.05, 3.63) is 46.7 Å². The molecule has 5 nitrogen and oxygen atoms in total. The SMILES string of the molecule is CN(CC(=O)N1CCCC[C@H]1c1nccs1)Cc1cccnc1. The summed E-state index contributed by atoms with van der Waals surface area (Å²) < 4.78 is 0. The summed E-state index contributed by atoms with van der Waals surface area (Å²) >= 11 is 1.65. The summed E-state index contributed by atoms with van der Waals surface area (Å²) in [6.07, 6.45) is 8.71. The second kappa shape index (κ2) is 7.66. The number of aromatic nitrogens is 2. The lowest BCUT2D eigenvalue weighted by molar-refractivity contribution is -0.136. The van der Waals surface area contributed by atoms with Crippen molar-refractivity contribution in [3.8, 4) is 0 Å². The van der Waals surface area contributed by atoms with E-state index in [1.54, 1.807) is 17.5 Å². The molecule has 0 spiro atoms. The van der Waals surface area contributed by atoms with Gasteiger partial charge < -0.3 is 4.90 Å². The van der Waals surface area contributed by atoms with Crippen molar-refractivity contribution in [2.45, 2.75) is 31.8 Å². The van der Waals surface area contributed by atoms with Crippen LogP contribution in [0.25, 0.3) is 0 Å². The maximum atomic E-state index is 12.7. The van der Waals surface area contributed by atoms with Crippen LogP contribution in [0.15, 0.2) is 36.1 Å². The Hall–Kier alpha value is -1.79. The number of carbonyl (C=O) groups is 1. The van der Waals surface area contributed by atoms with Gasteiger partial charge in [-0.15, -0.1) is 11.3 Å². The summed E-state index contributed by atoms with van der Waals surface area (Å²) in [4.78, 5) is 25.4. The van der Waals surface area contributed by atoms with Crippen molar-refractivity contribution in [2.75, 3.05) is 20.1 Å². The zero-order valence-corrected chi connectivity index (χ0v) is 14.2. The average Bonchev–Trinajstić information content (AvgIpc) is 3.10. The standard InChI is InChI=1S/C17H22N4OS/c1-20(12-14-5-4-7-18-11-14)13-16(22)21-9-3-2-6-15(21)17-19-8-10-23-17/h4-5,7-8,10-11,15H,2-3,6,9,12-13H2,1H3/t15-/m0/s1. The fourth-order valence-electron chi connectivity index (χ4n) is 3.07. The summed E-state index contributed by atoms with van der Waals surface area (Å²) in [5.41, 5.74) is 1.12. The minimum Gasteiger partial charge on any atom is -0.332 e. The van der Waals surface area contributed by atoms with Crippen molar-refractivity contribution in [3.63, 3.8) is 0 Å². The number of likely N-dealkylation sites (tertiary alicyclic amines) is 1. The third-order valence-corrected chi connectivity index (χ3v) is 5.02. The van der Waals surface area contributed by atoms with Crippen molar-refractivity contribution < 1.29 is 4.79 Å². The lowest BCUT2D eigenvalue weighted by Gasteiger charge is -2.35. The van der Waals surface area contributed by atoms with Crippen molar-refractivity contribution in [1.82, 2.24) is 19.8 Å². The van der Waals surface area contributed by atoms with Gasteiger partial charge in [0.25, 0.3) is 0 Å². The Labute approximate surface area is 141 Å². The first-order valence-electron chi connectivity index (χ1n) is 8.00. The molecule has 0 radical (unpaired) electrons. The third-order valence-electron chi connectivity index (χ3n) is 4.14. The maximum absolute atomic E-state index is 12.7. The smallest absolute Gasteiger partial charge is 0.237 e. The molecule has 122 valence electrons. The van der Waals surface area contributed by atoms with E-state index in [-0.39, 0.29) is 11.9 Å². The molecule has 3 heterocycles. The molecule has 0 saturated carbocycles. The molecule has 1 atom stereocenters. The van der Waals surface area contributed by atoms with Gasteiger partial charge in [0.15, 0.2) is 0 Å². The number of hydrogen-bond acceptors (Lipinski definition) is 5. The molecule has 0 aromatic carbocycles. The molecule has 23 heavy (non-hydrogen) atoms. The molecule has 1 fully saturated rings. The Kier molecular flexibility index (Phi) is 5.35. The van der Waals surface area contributed by atoms with Gasteiger partial charge in [-0.3, -0.25) is 14.7 Å². The van der Waals surface area contributed by atoms with E-state index in [9.17, 15) is 4.79 Å². The quantitative estimate of drug-likeness (QED) is 0.846. The van der Waals surface area contributed by atoms with Crippen LogP contribution in [-0.2, 0) is 11.3 Å². The van der Waals surface area contributed by atoms with Gasteiger partial charge >= 0.3 is 0 Å². The highest BCUT2D eigenvalue weighted by Gasteiger charge is 2.29. The molecule has 0 N–H and O–H groups in total. The lowest BCUT2D eigenvalue weighted by Crippen LogP contribution is -2.43. The maximum Gasteiger partial charge on any atom is 0.237 e. The molecular weight excluding hydrogens is 308 g/mol. The lowest BCUT2D eigenvalue weighted by atomic mass is 10.0. The minimum atomic E-state index is 0.156. The van der Waals surface area contributed by atoms with E-state index in [4.69, 9.17) is 0 Å². The summed E-state index contributed by atoms with van der Waals surface area (Å²) in [7, 11) is 1.98. The first kappa shape index (κ1) is 16.1. The van der Waals surface area contributed by atoms with E-state index in [0.29, 0.717) is 6.54 Å². The predicted octanol–water partition coefficient (Wildman–Crippen LogP) is 2.72. The summed E-state index contributed by atoms with van der Waals surface area (Å²) in [6.45, 7) is 2.00. The van der Waals surface area contributed by atoms with Gasteiger partial charge in [0, 0.05) is 37.1 Å². The van der Waals surface area contributed by atoms with Gasteiger partial charge in [0.1, 0.15) is 5.01 Å². The first-order chi connectivity index (χ1) is 11.2. The van der Waals surface area contributed by atoms with E-state index in [2.05, 4.69) is 9.97 Å². The van der Waals surface area contributed by atoms with Crippen molar-refractivity contribution in [1.29, 1.82) is 0 Å².